The molecule has 0 aliphatic rings. The minimum Gasteiger partial charge on any atom is -0.480 e. The van der Waals surface area contributed by atoms with Crippen LogP contribution in [-0.2, 0) is 28.8 Å². The van der Waals surface area contributed by atoms with Crippen LogP contribution in [0.1, 0.15) is 26.7 Å². The van der Waals surface area contributed by atoms with Gasteiger partial charge in [0.15, 0.2) is 11.3 Å². The molecule has 2 amide bonds. The molecule has 0 rings (SSSR count). The van der Waals surface area contributed by atoms with E-state index in [1.54, 1.807) is 0 Å². The highest BCUT2D eigenvalue weighted by atomic mass is 32.2. The highest BCUT2D eigenvalue weighted by Gasteiger charge is 2.43. The number of carboxylic acids is 3. The van der Waals surface area contributed by atoms with Crippen molar-refractivity contribution < 1.29 is 44.1 Å². The van der Waals surface area contributed by atoms with Crippen molar-refractivity contribution in [3.8, 4) is 0 Å². The number of hydrogen-bond acceptors (Lipinski definition) is 10. The Hall–Kier alpha value is -2.75. The maximum atomic E-state index is 12.4. The number of amides is 2. The average Bonchev–Trinajstić information content (AvgIpc) is 2.69. The predicted molar refractivity (Wildman–Crippen MR) is 113 cm³/mol. The summed E-state index contributed by atoms with van der Waals surface area (Å²) in [4.78, 5) is 69.9. The maximum absolute atomic E-state index is 12.4. The first-order chi connectivity index (χ1) is 14.6. The third-order valence-corrected chi connectivity index (χ3v) is 5.43. The molecule has 0 spiro atoms. The third kappa shape index (κ3) is 9.17. The normalized spacial score (nSPS) is 16.5. The van der Waals surface area contributed by atoms with E-state index < -0.39 is 78.1 Å². The van der Waals surface area contributed by atoms with Gasteiger partial charge in [0.05, 0.1) is 6.04 Å². The molecule has 0 aromatic heterocycles. The van der Waals surface area contributed by atoms with Crippen LogP contribution in [-0.4, -0.2) is 92.0 Å². The minimum atomic E-state index is -2.41. The third-order valence-electron chi connectivity index (χ3n) is 4.26. The number of ketones is 1. The molecule has 5 atom stereocenters. The minimum absolute atomic E-state index is 0.0999. The fourth-order valence-electron chi connectivity index (χ4n) is 2.26. The number of thioether (sulfide) groups is 1. The first-order valence-corrected chi connectivity index (χ1v) is 10.5. The Morgan fingerprint density at radius 3 is 1.94 bits per heavy atom. The quantitative estimate of drug-likeness (QED) is 0.107. The van der Waals surface area contributed by atoms with Crippen LogP contribution in [0.4, 0.5) is 0 Å². The van der Waals surface area contributed by atoms with E-state index in [0.717, 1.165) is 11.8 Å². The lowest BCUT2D eigenvalue weighted by Crippen LogP contribution is -2.60. The molecule has 182 valence electrons. The molecule has 0 heterocycles. The van der Waals surface area contributed by atoms with Crippen LogP contribution in [0.25, 0.3) is 0 Å². The molecule has 15 heteroatoms. The summed E-state index contributed by atoms with van der Waals surface area (Å²) in [6, 6.07) is -4.99. The Bertz CT molecular complexity index is 748. The van der Waals surface area contributed by atoms with Gasteiger partial charge in [-0.15, -0.1) is 0 Å². The number of carboxylic acid groups (broad SMARTS) is 3. The maximum Gasteiger partial charge on any atom is 0.331 e. The second kappa shape index (κ2) is 12.9. The first-order valence-electron chi connectivity index (χ1n) is 9.34. The van der Waals surface area contributed by atoms with Gasteiger partial charge in [-0.05, 0) is 20.3 Å². The number of nitrogens with one attached hydrogen (secondary N) is 2. The molecule has 0 saturated heterocycles. The molecule has 0 aliphatic carbocycles. The molecule has 0 fully saturated rings. The molecule has 0 aliphatic heterocycles. The van der Waals surface area contributed by atoms with Crippen molar-refractivity contribution in [1.82, 2.24) is 10.6 Å². The van der Waals surface area contributed by atoms with Gasteiger partial charge >= 0.3 is 17.9 Å². The molecule has 0 bridgehead atoms. The zero-order chi connectivity index (χ0) is 25.2. The molecule has 14 nitrogen and oxygen atoms in total. The van der Waals surface area contributed by atoms with Gasteiger partial charge in [-0.2, -0.15) is 11.8 Å². The average molecular weight is 480 g/mol. The fraction of sp³-hybridized carbons (Fsp3) is 0.647. The Balaban J connectivity index is 5.25. The molecule has 0 unspecified atom stereocenters. The standard InChI is InChI=1S/C17H29N5O9S/c1-7(18)12(24)17(20,16(30)31)4-3-11(23)22-10(6-32-5-9(19)15(28)29)13(25)21-8(2)14(26)27/h7-10H,3-6,18-20H2,1-2H3,(H,21,25)(H,22,23)(H,26,27)(H,28,29)(H,30,31)/t7-,8+,9-,10+,17-/m0/s1. The SMILES string of the molecule is C[C@H](N)C(=O)[C@@](N)(CCC(=O)N[C@H](CSC[C@H](N)C(=O)O)C(=O)N[C@H](C)C(=O)O)C(=O)O. The molecular weight excluding hydrogens is 450 g/mol. The van der Waals surface area contributed by atoms with E-state index >= 15 is 0 Å². The molecule has 0 aromatic carbocycles. The molecule has 0 aromatic rings. The molecular formula is C17H29N5O9S. The Labute approximate surface area is 187 Å². The molecule has 0 radical (unpaired) electrons. The largest absolute Gasteiger partial charge is 0.480 e. The van der Waals surface area contributed by atoms with Crippen molar-refractivity contribution in [2.45, 2.75) is 56.4 Å². The van der Waals surface area contributed by atoms with Crippen LogP contribution in [0.5, 0.6) is 0 Å². The van der Waals surface area contributed by atoms with Gasteiger partial charge in [-0.25, -0.2) is 4.79 Å². The van der Waals surface area contributed by atoms with E-state index in [0.29, 0.717) is 0 Å². The second-order valence-corrected chi connectivity index (χ2v) is 8.18. The van der Waals surface area contributed by atoms with Gasteiger partial charge < -0.3 is 43.2 Å². The van der Waals surface area contributed by atoms with Crippen molar-refractivity contribution in [2.75, 3.05) is 11.5 Å². The van der Waals surface area contributed by atoms with Crippen molar-refractivity contribution in [3.05, 3.63) is 0 Å². The predicted octanol–water partition coefficient (Wildman–Crippen LogP) is -3.32. The second-order valence-electron chi connectivity index (χ2n) is 7.10. The van der Waals surface area contributed by atoms with E-state index in [1.165, 1.54) is 13.8 Å². The summed E-state index contributed by atoms with van der Waals surface area (Å²) in [6.45, 7) is 2.44. The van der Waals surface area contributed by atoms with E-state index in [2.05, 4.69) is 10.6 Å². The number of carbonyl (C=O) groups is 6. The van der Waals surface area contributed by atoms with E-state index in [-0.39, 0.29) is 11.5 Å². The number of rotatable bonds is 15. The highest BCUT2D eigenvalue weighted by molar-refractivity contribution is 7.99. The molecule has 11 N–H and O–H groups in total. The van der Waals surface area contributed by atoms with E-state index in [1.807, 2.05) is 0 Å². The summed E-state index contributed by atoms with van der Waals surface area (Å²) in [7, 11) is 0. The van der Waals surface area contributed by atoms with Crippen LogP contribution in [0.3, 0.4) is 0 Å². The van der Waals surface area contributed by atoms with Crippen LogP contribution in [0.2, 0.25) is 0 Å². The Kier molecular flexibility index (Phi) is 11.8. The van der Waals surface area contributed by atoms with Crippen molar-refractivity contribution in [2.24, 2.45) is 17.2 Å². The number of Topliss-reactive ketones (excluding diaryl/α,β-unsaturated/α-hetero) is 1. The summed E-state index contributed by atoms with van der Waals surface area (Å²) in [6.07, 6.45) is -1.16. The lowest BCUT2D eigenvalue weighted by Gasteiger charge is -2.25. The Morgan fingerprint density at radius 2 is 1.50 bits per heavy atom. The number of carbonyl (C=O) groups excluding carboxylic acids is 3. The van der Waals surface area contributed by atoms with Gasteiger partial charge in [-0.3, -0.25) is 24.0 Å². The first kappa shape index (κ1) is 29.2. The van der Waals surface area contributed by atoms with Crippen molar-refractivity contribution in [1.29, 1.82) is 0 Å². The van der Waals surface area contributed by atoms with Crippen LogP contribution in [0.15, 0.2) is 0 Å². The lowest BCUT2D eigenvalue weighted by atomic mass is 9.86. The van der Waals surface area contributed by atoms with Gasteiger partial charge in [-0.1, -0.05) is 0 Å². The van der Waals surface area contributed by atoms with Crippen LogP contribution >= 0.6 is 11.8 Å². The molecule has 0 saturated carbocycles. The molecule has 32 heavy (non-hydrogen) atoms. The monoisotopic (exact) mass is 479 g/mol. The van der Waals surface area contributed by atoms with Gasteiger partial charge in [0.1, 0.15) is 18.1 Å². The van der Waals surface area contributed by atoms with Crippen LogP contribution in [0, 0.1) is 0 Å². The van der Waals surface area contributed by atoms with Crippen molar-refractivity contribution >= 4 is 47.3 Å². The summed E-state index contributed by atoms with van der Waals surface area (Å²) in [5.74, 6) is -7.22. The topological polar surface area (TPSA) is 265 Å². The summed E-state index contributed by atoms with van der Waals surface area (Å²) >= 11 is 0.923. The lowest BCUT2D eigenvalue weighted by molar-refractivity contribution is -0.149. The highest BCUT2D eigenvalue weighted by Crippen LogP contribution is 2.14. The van der Waals surface area contributed by atoms with Crippen molar-refractivity contribution in [3.63, 3.8) is 0 Å². The number of hydrogen-bond donors (Lipinski definition) is 8. The Morgan fingerprint density at radius 1 is 0.938 bits per heavy atom. The smallest absolute Gasteiger partial charge is 0.331 e. The number of nitrogens with two attached hydrogens (primary N) is 3. The van der Waals surface area contributed by atoms with E-state index in [9.17, 15) is 33.9 Å². The van der Waals surface area contributed by atoms with Gasteiger partial charge in [0.2, 0.25) is 11.8 Å². The summed E-state index contributed by atoms with van der Waals surface area (Å²) in [5.41, 5.74) is 14.0. The van der Waals surface area contributed by atoms with Gasteiger partial charge in [0, 0.05) is 17.9 Å². The zero-order valence-electron chi connectivity index (χ0n) is 17.6. The van der Waals surface area contributed by atoms with Crippen LogP contribution < -0.4 is 27.8 Å². The van der Waals surface area contributed by atoms with Gasteiger partial charge in [0.25, 0.3) is 0 Å². The fourth-order valence-corrected chi connectivity index (χ4v) is 3.26. The summed E-state index contributed by atoms with van der Waals surface area (Å²) in [5, 5.41) is 31.5. The van der Waals surface area contributed by atoms with E-state index in [4.69, 9.17) is 27.4 Å². The zero-order valence-corrected chi connectivity index (χ0v) is 18.4. The number of aliphatic carboxylic acids is 3. The summed E-state index contributed by atoms with van der Waals surface area (Å²) < 4.78 is 0.